The molecule has 7 rings (SSSR count). The van der Waals surface area contributed by atoms with Crippen LogP contribution >= 0.6 is 0 Å². The zero-order chi connectivity index (χ0) is 28.5. The summed E-state index contributed by atoms with van der Waals surface area (Å²) in [6.45, 7) is 2.65. The summed E-state index contributed by atoms with van der Waals surface area (Å²) in [4.78, 5) is 27.3. The molecule has 0 atom stereocenters. The molecule has 2 aromatic carbocycles. The minimum absolute atomic E-state index is 0.159. The molecule has 2 fully saturated rings. The van der Waals surface area contributed by atoms with Crippen LogP contribution in [0.2, 0.25) is 0 Å². The Morgan fingerprint density at radius 3 is 2.52 bits per heavy atom. The van der Waals surface area contributed by atoms with E-state index in [0.29, 0.717) is 17.7 Å². The molecule has 5 aromatic rings. The summed E-state index contributed by atoms with van der Waals surface area (Å²) in [7, 11) is 0. The summed E-state index contributed by atoms with van der Waals surface area (Å²) < 4.78 is 2.14. The number of nitrogens with zero attached hydrogens (tertiary/aromatic N) is 4. The molecule has 8 heteroatoms. The zero-order valence-electron chi connectivity index (χ0n) is 23.8. The predicted octanol–water partition coefficient (Wildman–Crippen LogP) is 5.58. The topological polar surface area (TPSA) is 110 Å². The molecule has 214 valence electrons. The van der Waals surface area contributed by atoms with Crippen molar-refractivity contribution in [2.75, 3.05) is 25.4 Å². The minimum Gasteiger partial charge on any atom is -0.382 e. The summed E-state index contributed by atoms with van der Waals surface area (Å²) in [5, 5.41) is 7.67. The molecule has 1 amide bonds. The van der Waals surface area contributed by atoms with Crippen LogP contribution in [-0.2, 0) is 4.79 Å². The van der Waals surface area contributed by atoms with Gasteiger partial charge in [0.15, 0.2) is 0 Å². The Kier molecular flexibility index (Phi) is 7.30. The maximum atomic E-state index is 12.6. The lowest BCUT2D eigenvalue weighted by atomic mass is 9.81. The Bertz CT molecular complexity index is 1720. The van der Waals surface area contributed by atoms with Crippen molar-refractivity contribution in [3.05, 3.63) is 78.9 Å². The lowest BCUT2D eigenvalue weighted by molar-refractivity contribution is -0.126. The first-order valence-electron chi connectivity index (χ1n) is 15.2. The number of piperidine rings is 1. The van der Waals surface area contributed by atoms with Gasteiger partial charge in [-0.2, -0.15) is 0 Å². The summed E-state index contributed by atoms with van der Waals surface area (Å²) >= 11 is 0. The van der Waals surface area contributed by atoms with Crippen molar-refractivity contribution in [3.63, 3.8) is 0 Å². The van der Waals surface area contributed by atoms with E-state index in [2.05, 4.69) is 62.5 Å². The molecule has 0 radical (unpaired) electrons. The Morgan fingerprint density at radius 2 is 1.71 bits per heavy atom. The van der Waals surface area contributed by atoms with Gasteiger partial charge in [0.2, 0.25) is 5.91 Å². The van der Waals surface area contributed by atoms with Gasteiger partial charge in [-0.25, -0.2) is 15.0 Å². The zero-order valence-corrected chi connectivity index (χ0v) is 23.8. The Balaban J connectivity index is 1.13. The van der Waals surface area contributed by atoms with Crippen LogP contribution in [0.3, 0.4) is 0 Å². The second-order valence-electron chi connectivity index (χ2n) is 11.8. The van der Waals surface area contributed by atoms with E-state index in [1.807, 2.05) is 24.4 Å². The van der Waals surface area contributed by atoms with Gasteiger partial charge in [-0.3, -0.25) is 9.20 Å². The number of fused-ring (bicyclic) bond motifs is 2. The molecule has 0 bridgehead atoms. The van der Waals surface area contributed by atoms with Gasteiger partial charge >= 0.3 is 0 Å². The predicted molar refractivity (Wildman–Crippen MR) is 167 cm³/mol. The molecule has 0 unspecified atom stereocenters. The Hall–Kier alpha value is -4.30. The smallest absolute Gasteiger partial charge is 0.223 e. The molecular formula is C34H37N7O. The maximum Gasteiger partial charge on any atom is 0.223 e. The van der Waals surface area contributed by atoms with Gasteiger partial charge in [-0.15, -0.1) is 0 Å². The summed E-state index contributed by atoms with van der Waals surface area (Å²) in [5.41, 5.74) is 12.1. The molecule has 3 aromatic heterocycles. The van der Waals surface area contributed by atoms with E-state index >= 15 is 0 Å². The molecule has 8 nitrogen and oxygen atoms in total. The van der Waals surface area contributed by atoms with Gasteiger partial charge in [0.25, 0.3) is 0 Å². The van der Waals surface area contributed by atoms with E-state index in [1.165, 1.54) is 0 Å². The molecule has 4 N–H and O–H groups in total. The van der Waals surface area contributed by atoms with Crippen LogP contribution in [0.25, 0.3) is 38.9 Å². The van der Waals surface area contributed by atoms with Gasteiger partial charge in [-0.05, 0) is 69.7 Å². The normalized spacial score (nSPS) is 19.7. The summed E-state index contributed by atoms with van der Waals surface area (Å²) in [6.07, 6.45) is 9.83. The lowest BCUT2D eigenvalue weighted by Gasteiger charge is -2.29. The van der Waals surface area contributed by atoms with Crippen molar-refractivity contribution < 1.29 is 4.79 Å². The quantitative estimate of drug-likeness (QED) is 0.250. The van der Waals surface area contributed by atoms with Gasteiger partial charge < -0.3 is 16.4 Å². The first-order chi connectivity index (χ1) is 20.6. The van der Waals surface area contributed by atoms with Crippen LogP contribution < -0.4 is 16.4 Å². The highest BCUT2D eigenvalue weighted by Crippen LogP contribution is 2.39. The van der Waals surface area contributed by atoms with Crippen LogP contribution in [0.4, 0.5) is 5.82 Å². The number of anilines is 1. The SMILES string of the molecule is Nc1nccn2c(C3CCC(CNC(=O)C4CCNCC4)CC3)nc(-c3ccc4ccc(-c5ccccc5)nc4c3)c12. The van der Waals surface area contributed by atoms with Crippen LogP contribution in [0, 0.1) is 11.8 Å². The first kappa shape index (κ1) is 26.6. The average molecular weight is 560 g/mol. The van der Waals surface area contributed by atoms with Gasteiger partial charge in [0.05, 0.1) is 11.2 Å². The number of hydrogen-bond donors (Lipinski definition) is 3. The molecule has 0 spiro atoms. The summed E-state index contributed by atoms with van der Waals surface area (Å²) in [6, 6.07) is 20.8. The number of imidazole rings is 1. The number of rotatable bonds is 6. The van der Waals surface area contributed by atoms with E-state index in [-0.39, 0.29) is 11.8 Å². The van der Waals surface area contributed by atoms with Crippen LogP contribution in [-0.4, -0.2) is 44.9 Å². The number of hydrogen-bond acceptors (Lipinski definition) is 6. The van der Waals surface area contributed by atoms with Crippen molar-refractivity contribution in [3.8, 4) is 22.5 Å². The van der Waals surface area contributed by atoms with Gasteiger partial charge in [-0.1, -0.05) is 48.5 Å². The molecule has 1 saturated carbocycles. The molecule has 4 heterocycles. The van der Waals surface area contributed by atoms with Crippen molar-refractivity contribution in [2.24, 2.45) is 11.8 Å². The van der Waals surface area contributed by atoms with Gasteiger partial charge in [0, 0.05) is 47.3 Å². The highest BCUT2D eigenvalue weighted by molar-refractivity contribution is 5.91. The largest absolute Gasteiger partial charge is 0.382 e. The first-order valence-corrected chi connectivity index (χ1v) is 15.2. The number of nitrogens with two attached hydrogens (primary N) is 1. The third-order valence-corrected chi connectivity index (χ3v) is 9.13. The van der Waals surface area contributed by atoms with Gasteiger partial charge in [0.1, 0.15) is 22.9 Å². The van der Waals surface area contributed by atoms with Crippen molar-refractivity contribution in [2.45, 2.75) is 44.4 Å². The lowest BCUT2D eigenvalue weighted by Crippen LogP contribution is -2.40. The van der Waals surface area contributed by atoms with E-state index in [9.17, 15) is 4.79 Å². The number of nitrogens with one attached hydrogen (secondary N) is 2. The monoisotopic (exact) mass is 559 g/mol. The van der Waals surface area contributed by atoms with Crippen molar-refractivity contribution in [1.82, 2.24) is 30.0 Å². The van der Waals surface area contributed by atoms with Crippen molar-refractivity contribution >= 4 is 28.1 Å². The van der Waals surface area contributed by atoms with E-state index in [1.54, 1.807) is 6.20 Å². The maximum absolute atomic E-state index is 12.6. The number of carbonyl (C=O) groups is 1. The molecule has 42 heavy (non-hydrogen) atoms. The molecule has 1 aliphatic carbocycles. The second-order valence-corrected chi connectivity index (χ2v) is 11.8. The van der Waals surface area contributed by atoms with Crippen molar-refractivity contribution in [1.29, 1.82) is 0 Å². The fourth-order valence-electron chi connectivity index (χ4n) is 6.71. The number of carbonyl (C=O) groups excluding carboxylic acids is 1. The number of nitrogen functional groups attached to an aromatic ring is 1. The highest BCUT2D eigenvalue weighted by Gasteiger charge is 2.29. The third-order valence-electron chi connectivity index (χ3n) is 9.13. The minimum atomic E-state index is 0.159. The van der Waals surface area contributed by atoms with E-state index in [0.717, 1.165) is 103 Å². The number of aromatic nitrogens is 4. The van der Waals surface area contributed by atoms with Crippen LogP contribution in [0.5, 0.6) is 0 Å². The fourth-order valence-corrected chi connectivity index (χ4v) is 6.71. The average Bonchev–Trinajstić information content (AvgIpc) is 3.45. The Labute approximate surface area is 245 Å². The van der Waals surface area contributed by atoms with Crippen LogP contribution in [0.15, 0.2) is 73.1 Å². The van der Waals surface area contributed by atoms with E-state index < -0.39 is 0 Å². The molecule has 2 aliphatic rings. The van der Waals surface area contributed by atoms with E-state index in [4.69, 9.17) is 15.7 Å². The number of amides is 1. The summed E-state index contributed by atoms with van der Waals surface area (Å²) in [5.74, 6) is 2.74. The second kappa shape index (κ2) is 11.5. The fraction of sp³-hybridized carbons (Fsp3) is 0.353. The number of benzene rings is 2. The highest BCUT2D eigenvalue weighted by atomic mass is 16.1. The van der Waals surface area contributed by atoms with Crippen LogP contribution in [0.1, 0.15) is 50.3 Å². The molecular weight excluding hydrogens is 522 g/mol. The third kappa shape index (κ3) is 5.23. The Morgan fingerprint density at radius 1 is 0.929 bits per heavy atom. The molecule has 1 aliphatic heterocycles. The molecule has 1 saturated heterocycles. The number of pyridine rings is 1. The standard InChI is InChI=1S/C34H37N7O/c35-32-31-30(27-11-10-24-12-13-28(39-29(24)20-27)23-4-2-1-3-5-23)40-33(41(31)19-18-37-32)25-8-6-22(7-9-25)21-38-34(42)26-14-16-36-17-15-26/h1-5,10-13,18-20,22,25-26,36H,6-9,14-17,21H2,(H2,35,37)(H,38,42).